The highest BCUT2D eigenvalue weighted by atomic mass is 15.3. The molecule has 100 valence electrons. The molecule has 1 aromatic heterocycles. The quantitative estimate of drug-likeness (QED) is 0.617. The van der Waals surface area contributed by atoms with Crippen LogP contribution in [0.25, 0.3) is 0 Å². The van der Waals surface area contributed by atoms with Crippen LogP contribution in [0.2, 0.25) is 0 Å². The average molecular weight is 249 g/mol. The van der Waals surface area contributed by atoms with Crippen LogP contribution in [0.1, 0.15) is 38.6 Å². The highest BCUT2D eigenvalue weighted by molar-refractivity contribution is 5.93. The van der Waals surface area contributed by atoms with Gasteiger partial charge in [0.05, 0.1) is 0 Å². The van der Waals surface area contributed by atoms with Gasteiger partial charge in [-0.05, 0) is 32.3 Å². The molecule has 0 saturated heterocycles. The normalized spacial score (nSPS) is 12.6. The molecule has 0 fully saturated rings. The van der Waals surface area contributed by atoms with Crippen molar-refractivity contribution in [1.82, 2.24) is 9.97 Å². The number of amidine groups is 1. The smallest absolute Gasteiger partial charge is 0.226 e. The molecular weight excluding hydrogens is 226 g/mol. The average Bonchev–Trinajstić information content (AvgIpc) is 2.26. The standard InChI is InChI=1S/C13H23N5/c1-8(2)6-10(4)18(5)13-16-9(3)7-11(17-13)12(14)15/h7-8,10H,6H2,1-5H3,(H3,14,15). The predicted octanol–water partition coefficient (Wildman–Crippen LogP) is 1.94. The maximum atomic E-state index is 7.46. The van der Waals surface area contributed by atoms with Gasteiger partial charge in [-0.1, -0.05) is 13.8 Å². The van der Waals surface area contributed by atoms with Gasteiger partial charge in [0.15, 0.2) is 0 Å². The van der Waals surface area contributed by atoms with E-state index in [1.807, 2.05) is 18.9 Å². The molecule has 0 aromatic carbocycles. The molecule has 1 heterocycles. The first kappa shape index (κ1) is 14.4. The van der Waals surface area contributed by atoms with Crippen molar-refractivity contribution in [3.05, 3.63) is 17.5 Å². The number of rotatable bonds is 5. The summed E-state index contributed by atoms with van der Waals surface area (Å²) in [6.45, 7) is 8.43. The maximum absolute atomic E-state index is 7.46. The summed E-state index contributed by atoms with van der Waals surface area (Å²) < 4.78 is 0. The number of aryl methyl sites for hydroxylation is 1. The van der Waals surface area contributed by atoms with Crippen LogP contribution in [0.15, 0.2) is 6.07 Å². The molecule has 0 radical (unpaired) electrons. The molecule has 0 saturated carbocycles. The minimum atomic E-state index is -0.0216. The second-order valence-corrected chi connectivity index (χ2v) is 5.20. The van der Waals surface area contributed by atoms with Crippen LogP contribution in [-0.4, -0.2) is 28.9 Å². The Morgan fingerprint density at radius 1 is 1.39 bits per heavy atom. The van der Waals surface area contributed by atoms with Gasteiger partial charge in [-0.3, -0.25) is 5.41 Å². The molecule has 1 aromatic rings. The van der Waals surface area contributed by atoms with Crippen LogP contribution >= 0.6 is 0 Å². The van der Waals surface area contributed by atoms with Crippen LogP contribution in [0.5, 0.6) is 0 Å². The Morgan fingerprint density at radius 2 is 2.00 bits per heavy atom. The maximum Gasteiger partial charge on any atom is 0.226 e. The zero-order valence-corrected chi connectivity index (χ0v) is 11.9. The molecule has 0 aliphatic rings. The zero-order chi connectivity index (χ0) is 13.9. The minimum absolute atomic E-state index is 0.0216. The van der Waals surface area contributed by atoms with Crippen molar-refractivity contribution < 1.29 is 0 Å². The third-order valence-electron chi connectivity index (χ3n) is 2.91. The minimum Gasteiger partial charge on any atom is -0.382 e. The van der Waals surface area contributed by atoms with Gasteiger partial charge in [0.25, 0.3) is 0 Å². The van der Waals surface area contributed by atoms with Crippen LogP contribution in [-0.2, 0) is 0 Å². The summed E-state index contributed by atoms with van der Waals surface area (Å²) in [6.07, 6.45) is 1.07. The van der Waals surface area contributed by atoms with Crippen molar-refractivity contribution in [3.8, 4) is 0 Å². The predicted molar refractivity (Wildman–Crippen MR) is 75.1 cm³/mol. The van der Waals surface area contributed by atoms with Gasteiger partial charge in [-0.25, -0.2) is 9.97 Å². The van der Waals surface area contributed by atoms with E-state index < -0.39 is 0 Å². The third kappa shape index (κ3) is 3.68. The van der Waals surface area contributed by atoms with Crippen LogP contribution in [0.4, 0.5) is 5.95 Å². The molecule has 0 amide bonds. The van der Waals surface area contributed by atoms with Crippen LogP contribution < -0.4 is 10.6 Å². The van der Waals surface area contributed by atoms with E-state index in [0.29, 0.717) is 23.6 Å². The Kier molecular flexibility index (Phi) is 4.64. The number of aromatic nitrogens is 2. The van der Waals surface area contributed by atoms with E-state index in [4.69, 9.17) is 11.1 Å². The van der Waals surface area contributed by atoms with Crippen molar-refractivity contribution in [2.24, 2.45) is 11.7 Å². The van der Waals surface area contributed by atoms with Gasteiger partial charge >= 0.3 is 0 Å². The lowest BCUT2D eigenvalue weighted by atomic mass is 10.0. The van der Waals surface area contributed by atoms with E-state index in [-0.39, 0.29) is 5.84 Å². The summed E-state index contributed by atoms with van der Waals surface area (Å²) in [7, 11) is 1.98. The zero-order valence-electron chi connectivity index (χ0n) is 11.9. The number of nitrogens with two attached hydrogens (primary N) is 1. The fourth-order valence-corrected chi connectivity index (χ4v) is 1.89. The van der Waals surface area contributed by atoms with Gasteiger partial charge < -0.3 is 10.6 Å². The van der Waals surface area contributed by atoms with E-state index in [1.165, 1.54) is 0 Å². The van der Waals surface area contributed by atoms with Crippen LogP contribution in [0.3, 0.4) is 0 Å². The third-order valence-corrected chi connectivity index (χ3v) is 2.91. The molecule has 1 atom stereocenters. The Labute approximate surface area is 109 Å². The first-order chi connectivity index (χ1) is 8.31. The van der Waals surface area contributed by atoms with E-state index in [9.17, 15) is 0 Å². The lowest BCUT2D eigenvalue weighted by Crippen LogP contribution is -2.32. The molecule has 0 aliphatic carbocycles. The van der Waals surface area contributed by atoms with E-state index in [0.717, 1.165) is 12.1 Å². The molecule has 0 aliphatic heterocycles. The summed E-state index contributed by atoms with van der Waals surface area (Å²) in [4.78, 5) is 10.8. The van der Waals surface area contributed by atoms with Gasteiger partial charge in [-0.15, -0.1) is 0 Å². The number of anilines is 1. The highest BCUT2D eigenvalue weighted by Gasteiger charge is 2.15. The Morgan fingerprint density at radius 3 is 2.50 bits per heavy atom. The Hall–Kier alpha value is -1.65. The Balaban J connectivity index is 2.98. The first-order valence-corrected chi connectivity index (χ1v) is 6.24. The molecule has 1 rings (SSSR count). The van der Waals surface area contributed by atoms with Crippen molar-refractivity contribution in [2.45, 2.75) is 40.2 Å². The van der Waals surface area contributed by atoms with E-state index in [2.05, 4.69) is 30.7 Å². The van der Waals surface area contributed by atoms with Crippen molar-refractivity contribution in [3.63, 3.8) is 0 Å². The molecule has 5 heteroatoms. The number of nitrogen functional groups attached to an aromatic ring is 1. The second kappa shape index (κ2) is 5.80. The summed E-state index contributed by atoms with van der Waals surface area (Å²) in [6, 6.07) is 2.08. The van der Waals surface area contributed by atoms with Crippen LogP contribution in [0, 0.1) is 18.3 Å². The van der Waals surface area contributed by atoms with E-state index in [1.54, 1.807) is 6.07 Å². The number of nitrogens with one attached hydrogen (secondary N) is 1. The topological polar surface area (TPSA) is 78.9 Å². The SMILES string of the molecule is Cc1cc(C(=N)N)nc(N(C)C(C)CC(C)C)n1. The lowest BCUT2D eigenvalue weighted by Gasteiger charge is -2.26. The van der Waals surface area contributed by atoms with Gasteiger partial charge in [0, 0.05) is 18.8 Å². The molecule has 3 N–H and O–H groups in total. The molecule has 0 bridgehead atoms. The first-order valence-electron chi connectivity index (χ1n) is 6.24. The molecule has 1 unspecified atom stereocenters. The molecule has 5 nitrogen and oxygen atoms in total. The van der Waals surface area contributed by atoms with Gasteiger partial charge in [-0.2, -0.15) is 0 Å². The molecule has 0 spiro atoms. The monoisotopic (exact) mass is 249 g/mol. The fourth-order valence-electron chi connectivity index (χ4n) is 1.89. The van der Waals surface area contributed by atoms with Crippen molar-refractivity contribution in [2.75, 3.05) is 11.9 Å². The number of hydrogen-bond acceptors (Lipinski definition) is 4. The van der Waals surface area contributed by atoms with E-state index >= 15 is 0 Å². The van der Waals surface area contributed by atoms with Crippen molar-refractivity contribution >= 4 is 11.8 Å². The lowest BCUT2D eigenvalue weighted by molar-refractivity contribution is 0.499. The second-order valence-electron chi connectivity index (χ2n) is 5.20. The number of hydrogen-bond donors (Lipinski definition) is 2. The fraction of sp³-hybridized carbons (Fsp3) is 0.615. The Bertz CT molecular complexity index is 427. The summed E-state index contributed by atoms with van der Waals surface area (Å²) in [5, 5.41) is 7.46. The largest absolute Gasteiger partial charge is 0.382 e. The number of nitrogens with zero attached hydrogens (tertiary/aromatic N) is 3. The highest BCUT2D eigenvalue weighted by Crippen LogP contribution is 2.16. The van der Waals surface area contributed by atoms with Gasteiger partial charge in [0.1, 0.15) is 11.5 Å². The van der Waals surface area contributed by atoms with Crippen molar-refractivity contribution in [1.29, 1.82) is 5.41 Å². The van der Waals surface area contributed by atoms with Gasteiger partial charge in [0.2, 0.25) is 5.95 Å². The molecule has 18 heavy (non-hydrogen) atoms. The summed E-state index contributed by atoms with van der Waals surface area (Å²) in [5.74, 6) is 1.24. The summed E-state index contributed by atoms with van der Waals surface area (Å²) >= 11 is 0. The molecular formula is C13H23N5. The summed E-state index contributed by atoms with van der Waals surface area (Å²) in [5.41, 5.74) is 6.80.